The Kier molecular flexibility index (Phi) is 6.10. The SMILES string of the molecule is CC(C)(C)SC(=O)OC1/C=C/CO[C@H](C(C)(C)C)OC1. The minimum absolute atomic E-state index is 0.111. The van der Waals surface area contributed by atoms with Crippen molar-refractivity contribution in [2.24, 2.45) is 5.41 Å². The molecule has 0 radical (unpaired) electrons. The molecule has 116 valence electrons. The first-order valence-electron chi connectivity index (χ1n) is 6.87. The number of rotatable bonds is 1. The van der Waals surface area contributed by atoms with Crippen LogP contribution in [0.3, 0.4) is 0 Å². The summed E-state index contributed by atoms with van der Waals surface area (Å²) in [6.07, 6.45) is 3.04. The van der Waals surface area contributed by atoms with Gasteiger partial charge >= 0.3 is 5.30 Å². The first kappa shape index (κ1) is 17.5. The fraction of sp³-hybridized carbons (Fsp3) is 0.800. The summed E-state index contributed by atoms with van der Waals surface area (Å²) in [6.45, 7) is 12.9. The average molecular weight is 302 g/mol. The van der Waals surface area contributed by atoms with Gasteiger partial charge in [-0.1, -0.05) is 47.6 Å². The monoisotopic (exact) mass is 302 g/mol. The highest BCUT2D eigenvalue weighted by molar-refractivity contribution is 8.14. The van der Waals surface area contributed by atoms with E-state index in [2.05, 4.69) is 20.8 Å². The van der Waals surface area contributed by atoms with E-state index in [1.807, 2.05) is 32.9 Å². The maximum Gasteiger partial charge on any atom is 0.368 e. The lowest BCUT2D eigenvalue weighted by Crippen LogP contribution is -2.36. The van der Waals surface area contributed by atoms with Gasteiger partial charge in [-0.25, -0.2) is 4.79 Å². The molecule has 0 N–H and O–H groups in total. The second-order valence-corrected chi connectivity index (χ2v) is 8.68. The predicted molar refractivity (Wildman–Crippen MR) is 81.9 cm³/mol. The Hall–Kier alpha value is -0.520. The fourth-order valence-electron chi connectivity index (χ4n) is 1.61. The van der Waals surface area contributed by atoms with Crippen molar-refractivity contribution in [1.29, 1.82) is 0 Å². The molecule has 0 amide bonds. The molecule has 1 rings (SSSR count). The molecule has 0 saturated carbocycles. The highest BCUT2D eigenvalue weighted by atomic mass is 32.2. The van der Waals surface area contributed by atoms with Crippen LogP contribution in [0.25, 0.3) is 0 Å². The molecule has 0 aliphatic carbocycles. The molecular weight excluding hydrogens is 276 g/mol. The van der Waals surface area contributed by atoms with E-state index in [9.17, 15) is 4.79 Å². The molecule has 1 aliphatic rings. The second-order valence-electron chi connectivity index (χ2n) is 6.91. The Morgan fingerprint density at radius 1 is 1.20 bits per heavy atom. The molecule has 2 atom stereocenters. The van der Waals surface area contributed by atoms with E-state index in [0.29, 0.717) is 13.2 Å². The van der Waals surface area contributed by atoms with Crippen molar-refractivity contribution in [3.05, 3.63) is 12.2 Å². The largest absolute Gasteiger partial charge is 0.448 e. The third-order valence-electron chi connectivity index (χ3n) is 2.45. The highest BCUT2D eigenvalue weighted by Gasteiger charge is 2.29. The van der Waals surface area contributed by atoms with Gasteiger partial charge < -0.3 is 14.2 Å². The number of ether oxygens (including phenoxy) is 3. The van der Waals surface area contributed by atoms with Gasteiger partial charge in [0.1, 0.15) is 6.10 Å². The van der Waals surface area contributed by atoms with Crippen LogP contribution in [0, 0.1) is 5.41 Å². The molecule has 4 nitrogen and oxygen atoms in total. The second kappa shape index (κ2) is 6.96. The van der Waals surface area contributed by atoms with Gasteiger partial charge in [0.05, 0.1) is 13.2 Å². The number of carbonyl (C=O) groups excluding carboxylic acids is 1. The van der Waals surface area contributed by atoms with Crippen LogP contribution in [0.5, 0.6) is 0 Å². The molecule has 5 heteroatoms. The maximum atomic E-state index is 11.8. The van der Waals surface area contributed by atoms with Gasteiger partial charge in [0, 0.05) is 10.2 Å². The zero-order chi connectivity index (χ0) is 15.4. The summed E-state index contributed by atoms with van der Waals surface area (Å²) in [6, 6.07) is 0. The summed E-state index contributed by atoms with van der Waals surface area (Å²) in [5.74, 6) is 0. The Balaban J connectivity index is 2.55. The molecule has 20 heavy (non-hydrogen) atoms. The normalized spacial score (nSPS) is 26.5. The molecule has 0 aromatic heterocycles. The number of thioether (sulfide) groups is 1. The lowest BCUT2D eigenvalue weighted by atomic mass is 9.96. The van der Waals surface area contributed by atoms with E-state index in [0.717, 1.165) is 0 Å². The predicted octanol–water partition coefficient (Wildman–Crippen LogP) is 4.00. The first-order chi connectivity index (χ1) is 9.08. The van der Waals surface area contributed by atoms with Crippen LogP contribution in [0.1, 0.15) is 41.5 Å². The fourth-order valence-corrected chi connectivity index (χ4v) is 2.28. The van der Waals surface area contributed by atoms with Gasteiger partial charge in [0.25, 0.3) is 0 Å². The van der Waals surface area contributed by atoms with E-state index in [1.165, 1.54) is 11.8 Å². The van der Waals surface area contributed by atoms with Crippen molar-refractivity contribution in [1.82, 2.24) is 0 Å². The lowest BCUT2D eigenvalue weighted by Gasteiger charge is -2.32. The summed E-state index contributed by atoms with van der Waals surface area (Å²) in [4.78, 5) is 11.8. The molecule has 0 aromatic carbocycles. The van der Waals surface area contributed by atoms with Crippen LogP contribution in [0.4, 0.5) is 4.79 Å². The van der Waals surface area contributed by atoms with Crippen LogP contribution >= 0.6 is 11.8 Å². The van der Waals surface area contributed by atoms with Crippen molar-refractivity contribution in [2.75, 3.05) is 13.2 Å². The molecule has 0 bridgehead atoms. The summed E-state index contributed by atoms with van der Waals surface area (Å²) in [7, 11) is 0. The number of hydrogen-bond donors (Lipinski definition) is 0. The van der Waals surface area contributed by atoms with Crippen LogP contribution in [0.2, 0.25) is 0 Å². The lowest BCUT2D eigenvalue weighted by molar-refractivity contribution is -0.198. The standard InChI is InChI=1S/C15H26O4S/c1-14(2,3)12-17-9-7-8-11(10-18-12)19-13(16)20-15(4,5)6/h7-8,11-12H,9-10H2,1-6H3/b8-7+/t11?,12-/m0/s1. The molecule has 0 fully saturated rings. The molecule has 1 heterocycles. The third kappa shape index (κ3) is 6.77. The molecule has 0 saturated heterocycles. The quantitative estimate of drug-likeness (QED) is 0.541. The van der Waals surface area contributed by atoms with Gasteiger partial charge in [-0.3, -0.25) is 0 Å². The summed E-state index contributed by atoms with van der Waals surface area (Å²) in [5.41, 5.74) is -0.111. The summed E-state index contributed by atoms with van der Waals surface area (Å²) >= 11 is 1.19. The summed E-state index contributed by atoms with van der Waals surface area (Å²) in [5, 5.41) is -0.274. The average Bonchev–Trinajstić information content (AvgIpc) is 2.17. The molecule has 0 aromatic rings. The van der Waals surface area contributed by atoms with Crippen molar-refractivity contribution >= 4 is 17.1 Å². The molecule has 0 spiro atoms. The van der Waals surface area contributed by atoms with E-state index in [1.54, 1.807) is 0 Å². The highest BCUT2D eigenvalue weighted by Crippen LogP contribution is 2.27. The Morgan fingerprint density at radius 2 is 1.85 bits per heavy atom. The van der Waals surface area contributed by atoms with Gasteiger partial charge in [-0.2, -0.15) is 0 Å². The van der Waals surface area contributed by atoms with Crippen LogP contribution in [-0.4, -0.2) is 35.7 Å². The minimum Gasteiger partial charge on any atom is -0.448 e. The van der Waals surface area contributed by atoms with Crippen LogP contribution < -0.4 is 0 Å². The van der Waals surface area contributed by atoms with Gasteiger partial charge in [-0.05, 0) is 17.8 Å². The van der Waals surface area contributed by atoms with Gasteiger partial charge in [-0.15, -0.1) is 0 Å². The topological polar surface area (TPSA) is 44.8 Å². The van der Waals surface area contributed by atoms with Gasteiger partial charge in [0.2, 0.25) is 0 Å². The maximum absolute atomic E-state index is 11.8. The van der Waals surface area contributed by atoms with Crippen LogP contribution in [0.15, 0.2) is 12.2 Å². The van der Waals surface area contributed by atoms with Crippen molar-refractivity contribution in [3.8, 4) is 0 Å². The first-order valence-corrected chi connectivity index (χ1v) is 7.69. The van der Waals surface area contributed by atoms with Gasteiger partial charge in [0.15, 0.2) is 6.29 Å². The van der Waals surface area contributed by atoms with E-state index >= 15 is 0 Å². The zero-order valence-electron chi connectivity index (χ0n) is 13.3. The number of carbonyl (C=O) groups is 1. The Labute approximate surface area is 126 Å². The third-order valence-corrected chi connectivity index (χ3v) is 3.33. The summed E-state index contributed by atoms with van der Waals surface area (Å²) < 4.78 is 16.6. The van der Waals surface area contributed by atoms with Crippen molar-refractivity contribution < 1.29 is 19.0 Å². The molecule has 1 unspecified atom stereocenters. The zero-order valence-corrected chi connectivity index (χ0v) is 14.1. The number of hydrogen-bond acceptors (Lipinski definition) is 5. The minimum atomic E-state index is -0.355. The van der Waals surface area contributed by atoms with Crippen molar-refractivity contribution in [2.45, 2.75) is 58.7 Å². The van der Waals surface area contributed by atoms with Crippen LogP contribution in [-0.2, 0) is 14.2 Å². The van der Waals surface area contributed by atoms with Crippen molar-refractivity contribution in [3.63, 3.8) is 0 Å². The molecule has 1 aliphatic heterocycles. The molecular formula is C15H26O4S. The van der Waals surface area contributed by atoms with E-state index in [4.69, 9.17) is 14.2 Å². The van der Waals surface area contributed by atoms with E-state index in [-0.39, 0.29) is 27.9 Å². The Bertz CT molecular complexity index is 352. The van der Waals surface area contributed by atoms with E-state index < -0.39 is 0 Å². The Morgan fingerprint density at radius 3 is 2.40 bits per heavy atom. The smallest absolute Gasteiger partial charge is 0.368 e.